The van der Waals surface area contributed by atoms with Crippen LogP contribution in [0.2, 0.25) is 0 Å². The molecule has 0 bridgehead atoms. The smallest absolute Gasteiger partial charge is 0.407 e. The molecule has 0 aromatic rings. The summed E-state index contributed by atoms with van der Waals surface area (Å²) >= 11 is 0. The third-order valence-corrected chi connectivity index (χ3v) is 3.31. The van der Waals surface area contributed by atoms with Gasteiger partial charge < -0.3 is 14.8 Å². The first-order valence-electron chi connectivity index (χ1n) is 6.75. The predicted molar refractivity (Wildman–Crippen MR) is 68.6 cm³/mol. The highest BCUT2D eigenvalue weighted by Gasteiger charge is 2.31. The van der Waals surface area contributed by atoms with E-state index >= 15 is 0 Å². The molecular formula is C13H24N2O3. The zero-order valence-electron chi connectivity index (χ0n) is 11.6. The molecule has 2 rings (SSSR count). The summed E-state index contributed by atoms with van der Waals surface area (Å²) in [5, 5.41) is 2.96. The number of amides is 1. The summed E-state index contributed by atoms with van der Waals surface area (Å²) in [4.78, 5) is 14.1. The minimum Gasteiger partial charge on any atom is -0.444 e. The van der Waals surface area contributed by atoms with E-state index < -0.39 is 5.60 Å². The van der Waals surface area contributed by atoms with Gasteiger partial charge in [-0.05, 0) is 40.2 Å². The molecule has 104 valence electrons. The SMILES string of the molecule is CC(C)(C)OC(=O)N[C@@H]1CCCN(C2COC2)C1. The van der Waals surface area contributed by atoms with Gasteiger partial charge in [0.15, 0.2) is 0 Å². The first kappa shape index (κ1) is 13.6. The van der Waals surface area contributed by atoms with E-state index in [0.717, 1.165) is 39.1 Å². The Balaban J connectivity index is 1.76. The highest BCUT2D eigenvalue weighted by molar-refractivity contribution is 5.68. The van der Waals surface area contributed by atoms with E-state index in [1.807, 2.05) is 20.8 Å². The lowest BCUT2D eigenvalue weighted by atomic mass is 10.0. The summed E-state index contributed by atoms with van der Waals surface area (Å²) in [6, 6.07) is 0.752. The largest absolute Gasteiger partial charge is 0.444 e. The minimum absolute atomic E-state index is 0.203. The molecule has 0 spiro atoms. The van der Waals surface area contributed by atoms with Crippen LogP contribution in [0.3, 0.4) is 0 Å². The molecule has 1 N–H and O–H groups in total. The van der Waals surface area contributed by atoms with Crippen LogP contribution in [0.1, 0.15) is 33.6 Å². The number of carbonyl (C=O) groups is 1. The number of carbonyl (C=O) groups excluding carboxylic acids is 1. The van der Waals surface area contributed by atoms with Gasteiger partial charge in [0.25, 0.3) is 0 Å². The Labute approximate surface area is 109 Å². The standard InChI is InChI=1S/C13H24N2O3/c1-13(2,3)18-12(16)14-10-5-4-6-15(7-10)11-8-17-9-11/h10-11H,4-9H2,1-3H3,(H,14,16)/t10-/m1/s1. The summed E-state index contributed by atoms with van der Waals surface area (Å²) in [5.74, 6) is 0. The number of piperidine rings is 1. The average molecular weight is 256 g/mol. The Hall–Kier alpha value is -0.810. The summed E-state index contributed by atoms with van der Waals surface area (Å²) in [7, 11) is 0. The molecule has 5 nitrogen and oxygen atoms in total. The molecule has 2 heterocycles. The molecule has 0 saturated carbocycles. The Kier molecular flexibility index (Phi) is 4.12. The second kappa shape index (κ2) is 5.45. The van der Waals surface area contributed by atoms with Gasteiger partial charge >= 0.3 is 6.09 Å². The second-order valence-electron chi connectivity index (χ2n) is 6.17. The monoisotopic (exact) mass is 256 g/mol. The molecule has 2 aliphatic rings. The van der Waals surface area contributed by atoms with Gasteiger partial charge in [-0.3, -0.25) is 4.90 Å². The molecule has 18 heavy (non-hydrogen) atoms. The number of likely N-dealkylation sites (tertiary alicyclic amines) is 1. The third kappa shape index (κ3) is 3.85. The zero-order valence-corrected chi connectivity index (χ0v) is 11.6. The quantitative estimate of drug-likeness (QED) is 0.811. The summed E-state index contributed by atoms with van der Waals surface area (Å²) in [5.41, 5.74) is -0.430. The fourth-order valence-corrected chi connectivity index (χ4v) is 2.36. The van der Waals surface area contributed by atoms with E-state index in [2.05, 4.69) is 10.2 Å². The predicted octanol–water partition coefficient (Wildman–Crippen LogP) is 1.37. The van der Waals surface area contributed by atoms with Crippen LogP contribution in [0.5, 0.6) is 0 Å². The van der Waals surface area contributed by atoms with Crippen molar-refractivity contribution >= 4 is 6.09 Å². The summed E-state index contributed by atoms with van der Waals surface area (Å²) in [6.07, 6.45) is 1.85. The van der Waals surface area contributed by atoms with E-state index in [9.17, 15) is 4.79 Å². The van der Waals surface area contributed by atoms with Crippen molar-refractivity contribution in [1.29, 1.82) is 0 Å². The molecule has 1 amide bonds. The fraction of sp³-hybridized carbons (Fsp3) is 0.923. The lowest BCUT2D eigenvalue weighted by Gasteiger charge is -2.42. The average Bonchev–Trinajstić information content (AvgIpc) is 2.11. The first-order chi connectivity index (χ1) is 8.44. The van der Waals surface area contributed by atoms with Crippen LogP contribution >= 0.6 is 0 Å². The van der Waals surface area contributed by atoms with Gasteiger partial charge in [-0.2, -0.15) is 0 Å². The minimum atomic E-state index is -0.430. The fourth-order valence-electron chi connectivity index (χ4n) is 2.36. The lowest BCUT2D eigenvalue weighted by molar-refractivity contribution is -0.0733. The molecular weight excluding hydrogens is 232 g/mol. The molecule has 1 atom stereocenters. The van der Waals surface area contributed by atoms with Crippen LogP contribution in [0.4, 0.5) is 4.79 Å². The Bertz CT molecular complexity index is 297. The Morgan fingerprint density at radius 1 is 1.39 bits per heavy atom. The van der Waals surface area contributed by atoms with Crippen molar-refractivity contribution < 1.29 is 14.3 Å². The number of hydrogen-bond donors (Lipinski definition) is 1. The Morgan fingerprint density at radius 2 is 2.11 bits per heavy atom. The maximum Gasteiger partial charge on any atom is 0.407 e. The van der Waals surface area contributed by atoms with Gasteiger partial charge in [0.05, 0.1) is 19.3 Å². The lowest BCUT2D eigenvalue weighted by Crippen LogP contribution is -2.56. The van der Waals surface area contributed by atoms with Crippen LogP contribution in [-0.4, -0.2) is 55.0 Å². The highest BCUT2D eigenvalue weighted by atomic mass is 16.6. The van der Waals surface area contributed by atoms with E-state index in [0.29, 0.717) is 6.04 Å². The summed E-state index contributed by atoms with van der Waals surface area (Å²) < 4.78 is 10.5. The molecule has 5 heteroatoms. The molecule has 2 aliphatic heterocycles. The van der Waals surface area contributed by atoms with Crippen molar-refractivity contribution in [3.63, 3.8) is 0 Å². The topological polar surface area (TPSA) is 50.8 Å². The van der Waals surface area contributed by atoms with Gasteiger partial charge in [-0.15, -0.1) is 0 Å². The van der Waals surface area contributed by atoms with Crippen molar-refractivity contribution in [2.24, 2.45) is 0 Å². The van der Waals surface area contributed by atoms with E-state index in [1.54, 1.807) is 0 Å². The zero-order chi connectivity index (χ0) is 13.2. The maximum atomic E-state index is 11.7. The van der Waals surface area contributed by atoms with Crippen LogP contribution in [0.25, 0.3) is 0 Å². The van der Waals surface area contributed by atoms with Gasteiger partial charge in [0.1, 0.15) is 5.60 Å². The Morgan fingerprint density at radius 3 is 2.67 bits per heavy atom. The highest BCUT2D eigenvalue weighted by Crippen LogP contribution is 2.18. The van der Waals surface area contributed by atoms with Crippen LogP contribution in [-0.2, 0) is 9.47 Å². The van der Waals surface area contributed by atoms with E-state index in [-0.39, 0.29) is 12.1 Å². The van der Waals surface area contributed by atoms with Gasteiger partial charge in [0, 0.05) is 12.6 Å². The number of rotatable bonds is 2. The molecule has 2 saturated heterocycles. The molecule has 0 aliphatic carbocycles. The van der Waals surface area contributed by atoms with Crippen LogP contribution in [0.15, 0.2) is 0 Å². The molecule has 0 aromatic heterocycles. The molecule has 0 unspecified atom stereocenters. The third-order valence-electron chi connectivity index (χ3n) is 3.31. The van der Waals surface area contributed by atoms with Crippen molar-refractivity contribution in [1.82, 2.24) is 10.2 Å². The van der Waals surface area contributed by atoms with Crippen molar-refractivity contribution in [2.45, 2.75) is 51.3 Å². The van der Waals surface area contributed by atoms with Gasteiger partial charge in [0.2, 0.25) is 0 Å². The first-order valence-corrected chi connectivity index (χ1v) is 6.75. The van der Waals surface area contributed by atoms with Crippen molar-refractivity contribution in [2.75, 3.05) is 26.3 Å². The second-order valence-corrected chi connectivity index (χ2v) is 6.17. The number of alkyl carbamates (subject to hydrolysis) is 1. The van der Waals surface area contributed by atoms with Crippen molar-refractivity contribution in [3.8, 4) is 0 Å². The van der Waals surface area contributed by atoms with E-state index in [1.165, 1.54) is 0 Å². The van der Waals surface area contributed by atoms with Crippen molar-refractivity contribution in [3.05, 3.63) is 0 Å². The van der Waals surface area contributed by atoms with Gasteiger partial charge in [-0.25, -0.2) is 4.79 Å². The molecule has 2 fully saturated rings. The number of hydrogen-bond acceptors (Lipinski definition) is 4. The number of nitrogens with zero attached hydrogens (tertiary/aromatic N) is 1. The van der Waals surface area contributed by atoms with Crippen LogP contribution < -0.4 is 5.32 Å². The summed E-state index contributed by atoms with van der Waals surface area (Å²) in [6.45, 7) is 9.33. The molecule has 0 radical (unpaired) electrons. The van der Waals surface area contributed by atoms with Crippen LogP contribution in [0, 0.1) is 0 Å². The molecule has 0 aromatic carbocycles. The van der Waals surface area contributed by atoms with Gasteiger partial charge in [-0.1, -0.05) is 0 Å². The maximum absolute atomic E-state index is 11.7. The normalized spacial score (nSPS) is 26.5. The van der Waals surface area contributed by atoms with E-state index in [4.69, 9.17) is 9.47 Å². The number of ether oxygens (including phenoxy) is 2. The number of nitrogens with one attached hydrogen (secondary N) is 1.